The predicted molar refractivity (Wildman–Crippen MR) is 109 cm³/mol. The number of amides is 2. The molecule has 2 amide bonds. The van der Waals surface area contributed by atoms with E-state index in [9.17, 15) is 4.79 Å². The van der Waals surface area contributed by atoms with E-state index in [1.165, 1.54) is 0 Å². The van der Waals surface area contributed by atoms with Crippen LogP contribution in [0.25, 0.3) is 11.5 Å². The lowest BCUT2D eigenvalue weighted by atomic mass is 10.2. The first-order chi connectivity index (χ1) is 14.2. The zero-order valence-corrected chi connectivity index (χ0v) is 16.2. The van der Waals surface area contributed by atoms with E-state index in [1.54, 1.807) is 13.2 Å². The molecule has 3 aromatic rings. The number of methoxy groups -OCH3 is 1. The van der Waals surface area contributed by atoms with Gasteiger partial charge in [-0.15, -0.1) is 0 Å². The van der Waals surface area contributed by atoms with E-state index >= 15 is 0 Å². The number of carbonyl (C=O) groups is 1. The van der Waals surface area contributed by atoms with Crippen LogP contribution in [0.1, 0.15) is 12.2 Å². The van der Waals surface area contributed by atoms with E-state index in [0.29, 0.717) is 29.7 Å². The summed E-state index contributed by atoms with van der Waals surface area (Å²) in [4.78, 5) is 18.9. The third-order valence-electron chi connectivity index (χ3n) is 4.79. The second kappa shape index (κ2) is 8.74. The zero-order valence-electron chi connectivity index (χ0n) is 16.2. The van der Waals surface area contributed by atoms with Crippen LogP contribution >= 0.6 is 0 Å². The van der Waals surface area contributed by atoms with Crippen molar-refractivity contribution in [1.29, 1.82) is 0 Å². The molecule has 1 saturated heterocycles. The molecule has 2 heterocycles. The van der Waals surface area contributed by atoms with Crippen LogP contribution in [0.5, 0.6) is 5.75 Å². The summed E-state index contributed by atoms with van der Waals surface area (Å²) in [6.07, 6.45) is 0.870. The monoisotopic (exact) mass is 393 g/mol. The van der Waals surface area contributed by atoms with Crippen molar-refractivity contribution in [2.45, 2.75) is 19.0 Å². The predicted octanol–water partition coefficient (Wildman–Crippen LogP) is 3.14. The summed E-state index contributed by atoms with van der Waals surface area (Å²) < 4.78 is 10.5. The van der Waals surface area contributed by atoms with Gasteiger partial charge in [-0.3, -0.25) is 4.90 Å². The summed E-state index contributed by atoms with van der Waals surface area (Å²) >= 11 is 0. The van der Waals surface area contributed by atoms with Gasteiger partial charge in [-0.05, 0) is 30.7 Å². The molecule has 150 valence electrons. The Balaban J connectivity index is 1.27. The molecular weight excluding hydrogens is 370 g/mol. The lowest BCUT2D eigenvalue weighted by Gasteiger charge is -2.15. The lowest BCUT2D eigenvalue weighted by Crippen LogP contribution is -2.39. The van der Waals surface area contributed by atoms with Gasteiger partial charge in [-0.1, -0.05) is 29.4 Å². The average Bonchev–Trinajstić information content (AvgIpc) is 3.38. The van der Waals surface area contributed by atoms with Crippen molar-refractivity contribution in [1.82, 2.24) is 20.4 Å². The quantitative estimate of drug-likeness (QED) is 0.668. The van der Waals surface area contributed by atoms with Crippen molar-refractivity contribution in [2.75, 3.05) is 25.5 Å². The minimum Gasteiger partial charge on any atom is -0.497 e. The maximum atomic E-state index is 12.3. The molecule has 0 radical (unpaired) electrons. The first-order valence-corrected chi connectivity index (χ1v) is 9.51. The molecule has 1 atom stereocenters. The second-order valence-electron chi connectivity index (χ2n) is 6.93. The number of urea groups is 1. The van der Waals surface area contributed by atoms with Gasteiger partial charge < -0.3 is 19.9 Å². The van der Waals surface area contributed by atoms with E-state index in [-0.39, 0.29) is 12.1 Å². The van der Waals surface area contributed by atoms with Gasteiger partial charge in [0.15, 0.2) is 5.82 Å². The van der Waals surface area contributed by atoms with Crippen molar-refractivity contribution in [3.05, 3.63) is 60.4 Å². The summed E-state index contributed by atoms with van der Waals surface area (Å²) in [5.41, 5.74) is 1.60. The molecule has 1 aliphatic rings. The van der Waals surface area contributed by atoms with Crippen LogP contribution in [-0.4, -0.2) is 47.3 Å². The molecule has 0 aliphatic carbocycles. The third-order valence-corrected chi connectivity index (χ3v) is 4.79. The van der Waals surface area contributed by atoms with Gasteiger partial charge in [0.25, 0.3) is 5.89 Å². The molecule has 0 saturated carbocycles. The summed E-state index contributed by atoms with van der Waals surface area (Å²) in [5.74, 6) is 1.86. The first-order valence-electron chi connectivity index (χ1n) is 9.51. The Labute approximate surface area is 168 Å². The maximum Gasteiger partial charge on any atom is 0.319 e. The number of nitrogens with one attached hydrogen (secondary N) is 2. The largest absolute Gasteiger partial charge is 0.497 e. The highest BCUT2D eigenvalue weighted by Crippen LogP contribution is 2.19. The molecule has 2 aromatic carbocycles. The van der Waals surface area contributed by atoms with Gasteiger partial charge in [0.1, 0.15) is 5.75 Å². The van der Waals surface area contributed by atoms with Crippen LogP contribution in [0.15, 0.2) is 59.1 Å². The van der Waals surface area contributed by atoms with Crippen molar-refractivity contribution in [2.24, 2.45) is 0 Å². The normalized spacial score (nSPS) is 16.5. The lowest BCUT2D eigenvalue weighted by molar-refractivity contribution is 0.247. The van der Waals surface area contributed by atoms with Gasteiger partial charge in [0.05, 0.1) is 13.7 Å². The number of benzene rings is 2. The molecule has 0 bridgehead atoms. The van der Waals surface area contributed by atoms with Crippen molar-refractivity contribution < 1.29 is 14.1 Å². The highest BCUT2D eigenvalue weighted by atomic mass is 16.5. The number of ether oxygens (including phenoxy) is 1. The van der Waals surface area contributed by atoms with E-state index in [2.05, 4.69) is 25.7 Å². The van der Waals surface area contributed by atoms with Crippen LogP contribution in [0.2, 0.25) is 0 Å². The molecule has 29 heavy (non-hydrogen) atoms. The van der Waals surface area contributed by atoms with E-state index in [0.717, 1.165) is 25.1 Å². The van der Waals surface area contributed by atoms with Crippen LogP contribution < -0.4 is 15.4 Å². The number of anilines is 1. The Morgan fingerprint density at radius 3 is 2.93 bits per heavy atom. The summed E-state index contributed by atoms with van der Waals surface area (Å²) in [6, 6.07) is 16.8. The van der Waals surface area contributed by atoms with Crippen LogP contribution in [0.3, 0.4) is 0 Å². The van der Waals surface area contributed by atoms with E-state index in [4.69, 9.17) is 9.26 Å². The number of carbonyl (C=O) groups excluding carboxylic acids is 1. The highest BCUT2D eigenvalue weighted by Gasteiger charge is 2.25. The standard InChI is InChI=1S/C21H23N5O3/c1-28-18-9-5-8-16(12-18)22-21(27)23-17-10-11-26(13-17)14-19-24-20(29-25-19)15-6-3-2-4-7-15/h2-9,12,17H,10-11,13-14H2,1H3,(H2,22,23,27). The first kappa shape index (κ1) is 18.9. The molecular formula is C21H23N5O3. The molecule has 0 spiro atoms. The van der Waals surface area contributed by atoms with Crippen molar-refractivity contribution in [3.8, 4) is 17.2 Å². The smallest absolute Gasteiger partial charge is 0.319 e. The zero-order chi connectivity index (χ0) is 20.1. The molecule has 1 unspecified atom stereocenters. The molecule has 2 N–H and O–H groups in total. The fourth-order valence-corrected chi connectivity index (χ4v) is 3.36. The third kappa shape index (κ3) is 4.91. The van der Waals surface area contributed by atoms with Crippen LogP contribution in [-0.2, 0) is 6.54 Å². The van der Waals surface area contributed by atoms with Crippen molar-refractivity contribution in [3.63, 3.8) is 0 Å². The molecule has 8 heteroatoms. The van der Waals surface area contributed by atoms with E-state index in [1.807, 2.05) is 48.5 Å². The number of likely N-dealkylation sites (tertiary alicyclic amines) is 1. The Bertz CT molecular complexity index is 960. The second-order valence-corrected chi connectivity index (χ2v) is 6.93. The van der Waals surface area contributed by atoms with Gasteiger partial charge >= 0.3 is 6.03 Å². The van der Waals surface area contributed by atoms with Gasteiger partial charge in [0, 0.05) is 36.4 Å². The van der Waals surface area contributed by atoms with Gasteiger partial charge in [-0.25, -0.2) is 4.79 Å². The SMILES string of the molecule is COc1cccc(NC(=O)NC2CCN(Cc3noc(-c4ccccc4)n3)C2)c1. The van der Waals surface area contributed by atoms with Gasteiger partial charge in [-0.2, -0.15) is 4.98 Å². The number of hydrogen-bond donors (Lipinski definition) is 2. The molecule has 4 rings (SSSR count). The number of nitrogens with zero attached hydrogens (tertiary/aromatic N) is 3. The topological polar surface area (TPSA) is 92.5 Å². The van der Waals surface area contributed by atoms with Crippen LogP contribution in [0, 0.1) is 0 Å². The summed E-state index contributed by atoms with van der Waals surface area (Å²) in [5, 5.41) is 9.93. The van der Waals surface area contributed by atoms with E-state index < -0.39 is 0 Å². The number of hydrogen-bond acceptors (Lipinski definition) is 6. The van der Waals surface area contributed by atoms with Crippen molar-refractivity contribution >= 4 is 11.7 Å². The Kier molecular flexibility index (Phi) is 5.71. The summed E-state index contributed by atoms with van der Waals surface area (Å²) in [6.45, 7) is 2.19. The molecule has 1 fully saturated rings. The molecule has 8 nitrogen and oxygen atoms in total. The minimum atomic E-state index is -0.226. The average molecular weight is 393 g/mol. The van der Waals surface area contributed by atoms with Crippen LogP contribution in [0.4, 0.5) is 10.5 Å². The Hall–Kier alpha value is -3.39. The number of rotatable bonds is 6. The highest BCUT2D eigenvalue weighted by molar-refractivity contribution is 5.89. The Morgan fingerprint density at radius 1 is 1.24 bits per heavy atom. The molecule has 1 aliphatic heterocycles. The molecule has 1 aromatic heterocycles. The fourth-order valence-electron chi connectivity index (χ4n) is 3.36. The Morgan fingerprint density at radius 2 is 2.10 bits per heavy atom. The fraction of sp³-hybridized carbons (Fsp3) is 0.286. The maximum absolute atomic E-state index is 12.3. The van der Waals surface area contributed by atoms with Gasteiger partial charge in [0.2, 0.25) is 0 Å². The minimum absolute atomic E-state index is 0.0705. The summed E-state index contributed by atoms with van der Waals surface area (Å²) in [7, 11) is 1.60. The number of aromatic nitrogens is 2.